The molecular formula is C16H10F3N3O4. The largest absolute Gasteiger partial charge is 0.477 e. The number of halogens is 3. The molecule has 0 bridgehead atoms. The summed E-state index contributed by atoms with van der Waals surface area (Å²) in [4.78, 5) is 24.0. The van der Waals surface area contributed by atoms with Crippen LogP contribution in [0.1, 0.15) is 16.1 Å². The van der Waals surface area contributed by atoms with Crippen molar-refractivity contribution in [2.75, 3.05) is 5.32 Å². The fourth-order valence-electron chi connectivity index (χ4n) is 2.48. The van der Waals surface area contributed by atoms with Gasteiger partial charge in [0.2, 0.25) is 0 Å². The molecule has 0 saturated heterocycles. The van der Waals surface area contributed by atoms with Crippen molar-refractivity contribution < 1.29 is 28.0 Å². The van der Waals surface area contributed by atoms with Gasteiger partial charge in [0.05, 0.1) is 10.5 Å². The Balaban J connectivity index is 2.04. The molecule has 1 heterocycles. The number of aromatic amines is 1. The van der Waals surface area contributed by atoms with E-state index in [0.717, 1.165) is 12.1 Å². The molecule has 0 aliphatic carbocycles. The SMILES string of the molecule is O=C(O)c1cc2c(Nc3ccc(C(F)(F)F)cc3)ccc([N+](=O)[O-])c2[nH]1. The number of hydrogen-bond donors (Lipinski definition) is 3. The minimum atomic E-state index is -4.46. The van der Waals surface area contributed by atoms with Gasteiger partial charge in [-0.25, -0.2) is 4.79 Å². The molecule has 0 saturated carbocycles. The highest BCUT2D eigenvalue weighted by atomic mass is 19.4. The Kier molecular flexibility index (Phi) is 4.03. The predicted octanol–water partition coefficient (Wildman–Crippen LogP) is 4.54. The van der Waals surface area contributed by atoms with Gasteiger partial charge in [-0.2, -0.15) is 13.2 Å². The fourth-order valence-corrected chi connectivity index (χ4v) is 2.48. The van der Waals surface area contributed by atoms with E-state index in [9.17, 15) is 28.1 Å². The van der Waals surface area contributed by atoms with Crippen molar-refractivity contribution in [3.05, 3.63) is 63.8 Å². The second-order valence-electron chi connectivity index (χ2n) is 5.37. The van der Waals surface area contributed by atoms with Gasteiger partial charge in [-0.3, -0.25) is 10.1 Å². The number of aromatic nitrogens is 1. The summed E-state index contributed by atoms with van der Waals surface area (Å²) in [6.07, 6.45) is -4.46. The molecule has 0 fully saturated rings. The minimum absolute atomic E-state index is 0.00399. The Bertz CT molecular complexity index is 1010. The van der Waals surface area contributed by atoms with Crippen LogP contribution in [0, 0.1) is 10.1 Å². The van der Waals surface area contributed by atoms with Crippen LogP contribution in [0.5, 0.6) is 0 Å². The summed E-state index contributed by atoms with van der Waals surface area (Å²) in [5, 5.41) is 23.3. The highest BCUT2D eigenvalue weighted by Gasteiger charge is 2.30. The third-order valence-corrected chi connectivity index (χ3v) is 3.69. The zero-order chi connectivity index (χ0) is 19.1. The zero-order valence-electron chi connectivity index (χ0n) is 12.8. The molecule has 134 valence electrons. The molecule has 1 aromatic heterocycles. The molecular weight excluding hydrogens is 355 g/mol. The standard InChI is InChI=1S/C16H10F3N3O4/c17-16(18,19)8-1-3-9(4-2-8)20-11-5-6-13(22(25)26)14-10(11)7-12(21-14)15(23)24/h1-7,20-21H,(H,23,24). The summed E-state index contributed by atoms with van der Waals surface area (Å²) >= 11 is 0. The van der Waals surface area contributed by atoms with Gasteiger partial charge in [0.25, 0.3) is 5.69 Å². The lowest BCUT2D eigenvalue weighted by atomic mass is 10.1. The first-order valence-electron chi connectivity index (χ1n) is 7.14. The smallest absolute Gasteiger partial charge is 0.416 e. The molecule has 0 radical (unpaired) electrons. The highest BCUT2D eigenvalue weighted by Crippen LogP contribution is 2.34. The van der Waals surface area contributed by atoms with E-state index in [0.29, 0.717) is 11.4 Å². The molecule has 7 nitrogen and oxygen atoms in total. The summed E-state index contributed by atoms with van der Waals surface area (Å²) in [5.74, 6) is -1.30. The molecule has 2 aromatic carbocycles. The third kappa shape index (κ3) is 3.16. The van der Waals surface area contributed by atoms with Crippen LogP contribution in [-0.2, 0) is 6.18 Å². The van der Waals surface area contributed by atoms with Crippen LogP contribution in [0.3, 0.4) is 0 Å². The molecule has 0 aliphatic heterocycles. The third-order valence-electron chi connectivity index (χ3n) is 3.69. The lowest BCUT2D eigenvalue weighted by molar-refractivity contribution is -0.383. The van der Waals surface area contributed by atoms with Gasteiger partial charge in [-0.05, 0) is 36.4 Å². The van der Waals surface area contributed by atoms with E-state index >= 15 is 0 Å². The maximum Gasteiger partial charge on any atom is 0.416 e. The fraction of sp³-hybridized carbons (Fsp3) is 0.0625. The van der Waals surface area contributed by atoms with E-state index in [4.69, 9.17) is 5.11 Å². The molecule has 0 aliphatic rings. The molecule has 26 heavy (non-hydrogen) atoms. The van der Waals surface area contributed by atoms with Crippen molar-refractivity contribution in [3.8, 4) is 0 Å². The summed E-state index contributed by atoms with van der Waals surface area (Å²) in [7, 11) is 0. The monoisotopic (exact) mass is 365 g/mol. The van der Waals surface area contributed by atoms with Crippen molar-refractivity contribution in [1.82, 2.24) is 4.98 Å². The van der Waals surface area contributed by atoms with Crippen molar-refractivity contribution in [2.24, 2.45) is 0 Å². The molecule has 0 atom stereocenters. The van der Waals surface area contributed by atoms with E-state index in [1.165, 1.54) is 30.3 Å². The highest BCUT2D eigenvalue weighted by molar-refractivity contribution is 6.03. The van der Waals surface area contributed by atoms with E-state index in [1.807, 2.05) is 0 Å². The number of fused-ring (bicyclic) bond motifs is 1. The van der Waals surface area contributed by atoms with Crippen LogP contribution in [0.25, 0.3) is 10.9 Å². The second-order valence-corrected chi connectivity index (χ2v) is 5.37. The number of benzene rings is 2. The van der Waals surface area contributed by atoms with E-state index < -0.39 is 22.6 Å². The maximum atomic E-state index is 12.6. The molecule has 10 heteroatoms. The predicted molar refractivity (Wildman–Crippen MR) is 86.6 cm³/mol. The maximum absolute atomic E-state index is 12.6. The Morgan fingerprint density at radius 3 is 2.35 bits per heavy atom. The average molecular weight is 365 g/mol. The lowest BCUT2D eigenvalue weighted by Crippen LogP contribution is -2.04. The van der Waals surface area contributed by atoms with Gasteiger partial charge in [0.1, 0.15) is 11.2 Å². The quantitative estimate of drug-likeness (QED) is 0.465. The number of rotatable bonds is 4. The molecule has 3 N–H and O–H groups in total. The molecule has 0 amide bonds. The average Bonchev–Trinajstić information content (AvgIpc) is 3.00. The van der Waals surface area contributed by atoms with Crippen molar-refractivity contribution >= 4 is 33.9 Å². The number of anilines is 2. The number of hydrogen-bond acceptors (Lipinski definition) is 4. The number of carbonyl (C=O) groups is 1. The number of non-ortho nitro benzene ring substituents is 1. The Labute approximate surface area is 143 Å². The first-order valence-corrected chi connectivity index (χ1v) is 7.14. The van der Waals surface area contributed by atoms with Crippen LogP contribution < -0.4 is 5.32 Å². The second kappa shape index (κ2) is 6.06. The van der Waals surface area contributed by atoms with Crippen LogP contribution in [0.4, 0.5) is 30.2 Å². The first-order chi connectivity index (χ1) is 12.2. The number of carboxylic acids is 1. The summed E-state index contributed by atoms with van der Waals surface area (Å²) in [5.41, 5.74) is -0.744. The Hall–Kier alpha value is -3.56. The molecule has 3 aromatic rings. The van der Waals surface area contributed by atoms with E-state index in [1.54, 1.807) is 0 Å². The van der Waals surface area contributed by atoms with Gasteiger partial charge in [-0.1, -0.05) is 0 Å². The molecule has 3 rings (SSSR count). The van der Waals surface area contributed by atoms with Gasteiger partial charge in [-0.15, -0.1) is 0 Å². The van der Waals surface area contributed by atoms with E-state index in [2.05, 4.69) is 10.3 Å². The topological polar surface area (TPSA) is 108 Å². The van der Waals surface area contributed by atoms with Gasteiger partial charge >= 0.3 is 12.1 Å². The van der Waals surface area contributed by atoms with Crippen LogP contribution >= 0.6 is 0 Å². The van der Waals surface area contributed by atoms with Crippen molar-refractivity contribution in [1.29, 1.82) is 0 Å². The summed E-state index contributed by atoms with van der Waals surface area (Å²) in [6, 6.07) is 7.96. The number of nitrogens with zero attached hydrogens (tertiary/aromatic N) is 1. The summed E-state index contributed by atoms with van der Waals surface area (Å²) < 4.78 is 37.8. The molecule has 0 unspecified atom stereocenters. The van der Waals surface area contributed by atoms with Crippen LogP contribution in [0.2, 0.25) is 0 Å². The lowest BCUT2D eigenvalue weighted by Gasteiger charge is -2.10. The number of nitro groups is 1. The van der Waals surface area contributed by atoms with Gasteiger partial charge < -0.3 is 15.4 Å². The van der Waals surface area contributed by atoms with Crippen molar-refractivity contribution in [3.63, 3.8) is 0 Å². The number of H-pyrrole nitrogens is 1. The Morgan fingerprint density at radius 1 is 1.15 bits per heavy atom. The number of nitrogens with one attached hydrogen (secondary N) is 2. The van der Waals surface area contributed by atoms with Crippen LogP contribution in [-0.4, -0.2) is 21.0 Å². The first kappa shape index (κ1) is 17.3. The number of carboxylic acid groups (broad SMARTS) is 1. The van der Waals surface area contributed by atoms with Gasteiger partial charge in [0, 0.05) is 22.8 Å². The molecule has 0 spiro atoms. The number of aromatic carboxylic acids is 1. The number of alkyl halides is 3. The zero-order valence-corrected chi connectivity index (χ0v) is 12.8. The van der Waals surface area contributed by atoms with Crippen molar-refractivity contribution in [2.45, 2.75) is 6.18 Å². The number of nitro benzene ring substituents is 1. The minimum Gasteiger partial charge on any atom is -0.477 e. The Morgan fingerprint density at radius 2 is 1.81 bits per heavy atom. The van der Waals surface area contributed by atoms with E-state index in [-0.39, 0.29) is 22.3 Å². The summed E-state index contributed by atoms with van der Waals surface area (Å²) in [6.45, 7) is 0. The van der Waals surface area contributed by atoms with Gasteiger partial charge in [0.15, 0.2) is 0 Å². The normalized spacial score (nSPS) is 11.5. The van der Waals surface area contributed by atoms with Crippen LogP contribution in [0.15, 0.2) is 42.5 Å².